The molecule has 0 aliphatic heterocycles. The third-order valence-electron chi connectivity index (χ3n) is 4.74. The number of fused-ring (bicyclic) bond motifs is 1. The Kier molecular flexibility index (Phi) is 5.30. The maximum absolute atomic E-state index is 13.2. The Morgan fingerprint density at radius 2 is 1.56 bits per heavy atom. The smallest absolute Gasteiger partial charge is 0.279 e. The number of thiazole rings is 1. The molecule has 2 heterocycles. The normalized spacial score (nSPS) is 11.7. The Hall–Kier alpha value is -3.75. The molecule has 5 rings (SSSR count). The molecule has 0 atom stereocenters. The van der Waals surface area contributed by atoms with Crippen LogP contribution in [0.1, 0.15) is 30.7 Å². The lowest BCUT2D eigenvalue weighted by Crippen LogP contribution is -2.16. The lowest BCUT2D eigenvalue weighted by atomic mass is 10.2. The van der Waals surface area contributed by atoms with Gasteiger partial charge in [0.2, 0.25) is 4.80 Å². The van der Waals surface area contributed by atoms with Crippen LogP contribution in [0.4, 0.5) is 0 Å². The number of carbonyl (C=O) groups is 2. The molecule has 3 aromatic carbocycles. The van der Waals surface area contributed by atoms with E-state index in [2.05, 4.69) is 15.1 Å². The number of ketones is 1. The summed E-state index contributed by atoms with van der Waals surface area (Å²) in [5.74, 6) is -0.681. The maximum atomic E-state index is 13.2. The molecule has 0 fully saturated rings. The second kappa shape index (κ2) is 8.41. The zero-order valence-corrected chi connectivity index (χ0v) is 18.6. The molecule has 0 aliphatic rings. The molecule has 0 N–H and O–H groups in total. The fourth-order valence-corrected chi connectivity index (χ4v) is 4.91. The van der Waals surface area contributed by atoms with Crippen LogP contribution >= 0.6 is 22.7 Å². The first kappa shape index (κ1) is 20.2. The van der Waals surface area contributed by atoms with Crippen molar-refractivity contribution in [3.05, 3.63) is 105 Å². The summed E-state index contributed by atoms with van der Waals surface area (Å²) in [5.41, 5.74) is 3.05. The Bertz CT molecular complexity index is 1480. The van der Waals surface area contributed by atoms with Gasteiger partial charge in [-0.3, -0.25) is 9.59 Å². The summed E-state index contributed by atoms with van der Waals surface area (Å²) in [6.45, 7) is 1.99. The summed E-state index contributed by atoms with van der Waals surface area (Å²) >= 11 is 2.40. The van der Waals surface area contributed by atoms with Crippen LogP contribution in [0.25, 0.3) is 15.9 Å². The standard InChI is InChI=1S/C24H16N4O2S2/c1-15-11-13-17(14-12-15)28-24(26-21(30)16-7-3-2-4-8-16)32-23(27-28)20(29)22-25-18-9-5-6-10-19(18)31-22/h2-14H,1H3. The van der Waals surface area contributed by atoms with Crippen LogP contribution < -0.4 is 4.80 Å². The highest BCUT2D eigenvalue weighted by Crippen LogP contribution is 2.24. The molecular formula is C24H16N4O2S2. The van der Waals surface area contributed by atoms with Crippen LogP contribution in [0, 0.1) is 6.92 Å². The molecule has 0 bridgehead atoms. The predicted octanol–water partition coefficient (Wildman–Crippen LogP) is 4.82. The topological polar surface area (TPSA) is 77.2 Å². The van der Waals surface area contributed by atoms with Crippen LogP contribution in [0.5, 0.6) is 0 Å². The zero-order valence-electron chi connectivity index (χ0n) is 16.9. The predicted molar refractivity (Wildman–Crippen MR) is 126 cm³/mol. The molecule has 1 amide bonds. The van der Waals surface area contributed by atoms with Crippen molar-refractivity contribution < 1.29 is 9.59 Å². The van der Waals surface area contributed by atoms with E-state index in [0.717, 1.165) is 32.8 Å². The molecule has 156 valence electrons. The van der Waals surface area contributed by atoms with Crippen molar-refractivity contribution in [1.29, 1.82) is 0 Å². The van der Waals surface area contributed by atoms with Crippen molar-refractivity contribution in [3.8, 4) is 5.69 Å². The van der Waals surface area contributed by atoms with Crippen molar-refractivity contribution in [3.63, 3.8) is 0 Å². The summed E-state index contributed by atoms with van der Waals surface area (Å²) in [4.78, 5) is 35.0. The van der Waals surface area contributed by atoms with Gasteiger partial charge in [0.15, 0.2) is 10.0 Å². The zero-order chi connectivity index (χ0) is 22.1. The molecule has 2 aromatic heterocycles. The molecular weight excluding hydrogens is 440 g/mol. The first-order valence-corrected chi connectivity index (χ1v) is 11.4. The van der Waals surface area contributed by atoms with Gasteiger partial charge < -0.3 is 0 Å². The summed E-state index contributed by atoms with van der Waals surface area (Å²) in [6, 6.07) is 24.1. The van der Waals surface area contributed by atoms with Crippen LogP contribution in [0.15, 0.2) is 83.9 Å². The van der Waals surface area contributed by atoms with E-state index >= 15 is 0 Å². The van der Waals surface area contributed by atoms with Gasteiger partial charge in [0, 0.05) is 5.56 Å². The quantitative estimate of drug-likeness (QED) is 0.363. The Labute approximate surface area is 191 Å². The fourth-order valence-electron chi connectivity index (χ4n) is 3.09. The lowest BCUT2D eigenvalue weighted by Gasteiger charge is -2.01. The van der Waals surface area contributed by atoms with Crippen molar-refractivity contribution >= 4 is 44.6 Å². The van der Waals surface area contributed by atoms with E-state index in [1.165, 1.54) is 16.0 Å². The third-order valence-corrected chi connectivity index (χ3v) is 6.68. The molecule has 0 saturated carbocycles. The first-order valence-electron chi connectivity index (χ1n) is 9.80. The minimum atomic E-state index is -0.394. The van der Waals surface area contributed by atoms with Gasteiger partial charge in [0.1, 0.15) is 0 Å². The van der Waals surface area contributed by atoms with Crippen LogP contribution in [0.3, 0.4) is 0 Å². The van der Waals surface area contributed by atoms with Gasteiger partial charge in [0.05, 0.1) is 15.9 Å². The summed E-state index contributed by atoms with van der Waals surface area (Å²) in [7, 11) is 0. The number of rotatable bonds is 4. The molecule has 0 spiro atoms. The monoisotopic (exact) mass is 456 g/mol. The number of amides is 1. The molecule has 8 heteroatoms. The van der Waals surface area contributed by atoms with Gasteiger partial charge in [-0.05, 0) is 43.3 Å². The number of aryl methyl sites for hydroxylation is 1. The largest absolute Gasteiger partial charge is 0.283 e. The fraction of sp³-hybridized carbons (Fsp3) is 0.0417. The third kappa shape index (κ3) is 3.93. The summed E-state index contributed by atoms with van der Waals surface area (Å²) < 4.78 is 2.47. The summed E-state index contributed by atoms with van der Waals surface area (Å²) in [5, 5.41) is 5.09. The Morgan fingerprint density at radius 1 is 0.844 bits per heavy atom. The minimum Gasteiger partial charge on any atom is -0.283 e. The average Bonchev–Trinajstić information content (AvgIpc) is 3.44. The van der Waals surface area contributed by atoms with Crippen LogP contribution in [-0.4, -0.2) is 26.5 Å². The van der Waals surface area contributed by atoms with E-state index < -0.39 is 5.91 Å². The molecule has 0 saturated heterocycles. The van der Waals surface area contributed by atoms with Crippen molar-refractivity contribution in [2.75, 3.05) is 0 Å². The highest BCUT2D eigenvalue weighted by Gasteiger charge is 2.20. The van der Waals surface area contributed by atoms with Crippen LogP contribution in [-0.2, 0) is 0 Å². The Morgan fingerprint density at radius 3 is 2.31 bits per heavy atom. The van der Waals surface area contributed by atoms with Gasteiger partial charge in [-0.25, -0.2) is 9.67 Å². The molecule has 0 unspecified atom stereocenters. The number of para-hydroxylation sites is 1. The van der Waals surface area contributed by atoms with E-state index in [1.54, 1.807) is 24.3 Å². The number of nitrogens with zero attached hydrogens (tertiary/aromatic N) is 4. The number of aromatic nitrogens is 3. The maximum Gasteiger partial charge on any atom is 0.279 e. The molecule has 6 nitrogen and oxygen atoms in total. The number of hydrogen-bond acceptors (Lipinski definition) is 6. The average molecular weight is 457 g/mol. The molecule has 5 aromatic rings. The van der Waals surface area contributed by atoms with Crippen molar-refractivity contribution in [2.45, 2.75) is 6.92 Å². The van der Waals surface area contributed by atoms with Gasteiger partial charge in [-0.1, -0.05) is 59.4 Å². The van der Waals surface area contributed by atoms with Crippen LogP contribution in [0.2, 0.25) is 0 Å². The second-order valence-electron chi connectivity index (χ2n) is 7.04. The van der Waals surface area contributed by atoms with Gasteiger partial charge in [-0.2, -0.15) is 10.1 Å². The molecule has 0 aliphatic carbocycles. The van der Waals surface area contributed by atoms with E-state index in [9.17, 15) is 9.59 Å². The highest BCUT2D eigenvalue weighted by molar-refractivity contribution is 7.21. The van der Waals surface area contributed by atoms with Gasteiger partial charge >= 0.3 is 0 Å². The molecule has 0 radical (unpaired) electrons. The SMILES string of the molecule is Cc1ccc(-n2nc(C(=O)c3nc4ccccc4s3)sc2=NC(=O)c2ccccc2)cc1. The van der Waals surface area contributed by atoms with Crippen molar-refractivity contribution in [2.24, 2.45) is 4.99 Å². The molecule has 32 heavy (non-hydrogen) atoms. The van der Waals surface area contributed by atoms with E-state index in [-0.39, 0.29) is 10.8 Å². The van der Waals surface area contributed by atoms with Gasteiger partial charge in [0.25, 0.3) is 11.7 Å². The summed E-state index contributed by atoms with van der Waals surface area (Å²) in [6.07, 6.45) is 0. The van der Waals surface area contributed by atoms with E-state index in [0.29, 0.717) is 15.4 Å². The number of carbonyl (C=O) groups excluding carboxylic acids is 2. The lowest BCUT2D eigenvalue weighted by molar-refractivity contribution is 0.0996. The number of hydrogen-bond donors (Lipinski definition) is 0. The second-order valence-corrected chi connectivity index (χ2v) is 9.02. The Balaban J connectivity index is 1.62. The minimum absolute atomic E-state index is 0.226. The van der Waals surface area contributed by atoms with E-state index in [4.69, 9.17) is 0 Å². The first-order chi connectivity index (χ1) is 15.6. The van der Waals surface area contributed by atoms with Gasteiger partial charge in [-0.15, -0.1) is 11.3 Å². The van der Waals surface area contributed by atoms with Crippen molar-refractivity contribution in [1.82, 2.24) is 14.8 Å². The van der Waals surface area contributed by atoms with E-state index in [1.807, 2.05) is 61.5 Å². The highest BCUT2D eigenvalue weighted by atomic mass is 32.1. The number of benzene rings is 3.